The van der Waals surface area contributed by atoms with E-state index >= 15 is 0 Å². The van der Waals surface area contributed by atoms with Gasteiger partial charge < -0.3 is 19.7 Å². The lowest BCUT2D eigenvalue weighted by atomic mass is 9.98. The minimum absolute atomic E-state index is 0.124. The summed E-state index contributed by atoms with van der Waals surface area (Å²) in [5.74, 6) is -0.316. The maximum absolute atomic E-state index is 12.7. The number of carbonyl (C=O) groups is 2. The van der Waals surface area contributed by atoms with Gasteiger partial charge in [-0.25, -0.2) is 0 Å². The van der Waals surface area contributed by atoms with Crippen LogP contribution in [0.5, 0.6) is 0 Å². The molecule has 1 aliphatic heterocycles. The lowest BCUT2D eigenvalue weighted by Crippen LogP contribution is -2.50. The van der Waals surface area contributed by atoms with E-state index in [0.717, 1.165) is 0 Å². The molecule has 23 heavy (non-hydrogen) atoms. The van der Waals surface area contributed by atoms with E-state index in [4.69, 9.17) is 21.1 Å². The van der Waals surface area contributed by atoms with Crippen LogP contribution in [0.25, 0.3) is 0 Å². The number of benzene rings is 1. The first-order valence-corrected chi connectivity index (χ1v) is 7.76. The summed E-state index contributed by atoms with van der Waals surface area (Å²) in [6.07, 6.45) is 0.124. The van der Waals surface area contributed by atoms with E-state index in [2.05, 4.69) is 5.32 Å². The van der Waals surface area contributed by atoms with Crippen LogP contribution in [0.15, 0.2) is 24.3 Å². The molecule has 0 saturated carbocycles. The van der Waals surface area contributed by atoms with Crippen molar-refractivity contribution in [2.75, 3.05) is 40.5 Å². The van der Waals surface area contributed by atoms with Crippen molar-refractivity contribution in [3.8, 4) is 0 Å². The average Bonchev–Trinajstić information content (AvgIpc) is 2.77. The van der Waals surface area contributed by atoms with Gasteiger partial charge in [0.25, 0.3) is 5.91 Å². The van der Waals surface area contributed by atoms with E-state index in [1.807, 2.05) is 0 Å². The van der Waals surface area contributed by atoms with Gasteiger partial charge in [0.2, 0.25) is 5.91 Å². The van der Waals surface area contributed by atoms with Crippen LogP contribution in [0.1, 0.15) is 16.8 Å². The number of methoxy groups -OCH3 is 1. The third-order valence-electron chi connectivity index (χ3n) is 3.90. The summed E-state index contributed by atoms with van der Waals surface area (Å²) in [7, 11) is 3.10. The molecule has 1 fully saturated rings. The molecular formula is C16H21ClN2O4. The number of hydrogen-bond donors (Lipinski definition) is 1. The number of amides is 2. The van der Waals surface area contributed by atoms with Crippen LogP contribution in [0.4, 0.5) is 0 Å². The zero-order valence-electron chi connectivity index (χ0n) is 13.3. The first-order chi connectivity index (χ1) is 11.0. The predicted octanol–water partition coefficient (Wildman–Crippen LogP) is 1.33. The highest BCUT2D eigenvalue weighted by molar-refractivity contribution is 6.30. The molecule has 7 heteroatoms. The van der Waals surface area contributed by atoms with Crippen molar-refractivity contribution >= 4 is 23.4 Å². The second-order valence-corrected chi connectivity index (χ2v) is 5.96. The summed E-state index contributed by atoms with van der Waals surface area (Å²) in [6.45, 7) is 1.37. The van der Waals surface area contributed by atoms with Crippen LogP contribution < -0.4 is 5.32 Å². The quantitative estimate of drug-likeness (QED) is 0.898. The van der Waals surface area contributed by atoms with Crippen molar-refractivity contribution in [1.82, 2.24) is 10.2 Å². The molecular weight excluding hydrogens is 320 g/mol. The maximum atomic E-state index is 12.7. The molecule has 0 bridgehead atoms. The summed E-state index contributed by atoms with van der Waals surface area (Å²) < 4.78 is 11.1. The molecule has 1 aliphatic rings. The summed E-state index contributed by atoms with van der Waals surface area (Å²) in [4.78, 5) is 26.1. The van der Waals surface area contributed by atoms with Crippen LogP contribution in [0.2, 0.25) is 5.02 Å². The van der Waals surface area contributed by atoms with E-state index in [0.29, 0.717) is 23.7 Å². The normalized spacial score (nSPS) is 21.6. The highest BCUT2D eigenvalue weighted by Gasteiger charge is 2.38. The van der Waals surface area contributed by atoms with E-state index < -0.39 is 5.60 Å². The first-order valence-electron chi connectivity index (χ1n) is 7.38. The third kappa shape index (κ3) is 4.43. The van der Waals surface area contributed by atoms with E-state index in [1.165, 1.54) is 7.11 Å². The zero-order chi connectivity index (χ0) is 16.9. The lowest BCUT2D eigenvalue weighted by molar-refractivity contribution is -0.131. The van der Waals surface area contributed by atoms with Gasteiger partial charge >= 0.3 is 0 Å². The molecule has 1 heterocycles. The van der Waals surface area contributed by atoms with Gasteiger partial charge in [0, 0.05) is 31.3 Å². The number of nitrogens with one attached hydrogen (secondary N) is 1. The minimum atomic E-state index is -0.856. The maximum Gasteiger partial charge on any atom is 0.254 e. The number of rotatable bonds is 4. The Bertz CT molecular complexity index is 581. The Labute approximate surface area is 140 Å². The Morgan fingerprint density at radius 2 is 2.26 bits per heavy atom. The number of nitrogens with zero attached hydrogens (tertiary/aromatic N) is 1. The SMILES string of the molecule is CNC(=O)C[C@@]1(OC)COCCN(C(=O)c2cccc(Cl)c2)C1. The van der Waals surface area contributed by atoms with Crippen LogP contribution in [0.3, 0.4) is 0 Å². The van der Waals surface area contributed by atoms with E-state index in [-0.39, 0.29) is 31.4 Å². The molecule has 1 N–H and O–H groups in total. The monoisotopic (exact) mass is 340 g/mol. The smallest absolute Gasteiger partial charge is 0.254 e. The Morgan fingerprint density at radius 1 is 1.48 bits per heavy atom. The summed E-state index contributed by atoms with van der Waals surface area (Å²) in [6, 6.07) is 6.79. The highest BCUT2D eigenvalue weighted by atomic mass is 35.5. The topological polar surface area (TPSA) is 67.9 Å². The molecule has 0 unspecified atom stereocenters. The fourth-order valence-electron chi connectivity index (χ4n) is 2.57. The molecule has 1 aromatic carbocycles. The molecule has 126 valence electrons. The average molecular weight is 341 g/mol. The molecule has 2 amide bonds. The predicted molar refractivity (Wildman–Crippen MR) is 86.6 cm³/mol. The number of hydrogen-bond acceptors (Lipinski definition) is 4. The second-order valence-electron chi connectivity index (χ2n) is 5.53. The van der Waals surface area contributed by atoms with Gasteiger partial charge in [0.15, 0.2) is 0 Å². The van der Waals surface area contributed by atoms with Crippen molar-refractivity contribution in [1.29, 1.82) is 0 Å². The first kappa shape index (κ1) is 17.7. The zero-order valence-corrected chi connectivity index (χ0v) is 14.1. The number of ether oxygens (including phenoxy) is 2. The van der Waals surface area contributed by atoms with Crippen molar-refractivity contribution in [2.45, 2.75) is 12.0 Å². The Balaban J connectivity index is 2.21. The van der Waals surface area contributed by atoms with Gasteiger partial charge in [0.05, 0.1) is 26.2 Å². The van der Waals surface area contributed by atoms with Crippen molar-refractivity contribution in [3.63, 3.8) is 0 Å². The molecule has 0 radical (unpaired) electrons. The van der Waals surface area contributed by atoms with Gasteiger partial charge in [-0.15, -0.1) is 0 Å². The molecule has 1 saturated heterocycles. The summed E-state index contributed by atoms with van der Waals surface area (Å²) in [5, 5.41) is 3.08. The third-order valence-corrected chi connectivity index (χ3v) is 4.14. The number of halogens is 1. The molecule has 0 aromatic heterocycles. The largest absolute Gasteiger partial charge is 0.377 e. The molecule has 2 rings (SSSR count). The van der Waals surface area contributed by atoms with Crippen LogP contribution in [-0.2, 0) is 14.3 Å². The summed E-state index contributed by atoms with van der Waals surface area (Å²) in [5.41, 5.74) is -0.352. The molecule has 6 nitrogen and oxygen atoms in total. The van der Waals surface area contributed by atoms with Crippen LogP contribution in [-0.4, -0.2) is 62.8 Å². The summed E-state index contributed by atoms with van der Waals surface area (Å²) >= 11 is 5.96. The minimum Gasteiger partial charge on any atom is -0.377 e. The molecule has 0 spiro atoms. The van der Waals surface area contributed by atoms with Crippen molar-refractivity contribution in [2.24, 2.45) is 0 Å². The van der Waals surface area contributed by atoms with E-state index in [1.54, 1.807) is 36.2 Å². The Hall–Kier alpha value is -1.63. The highest BCUT2D eigenvalue weighted by Crippen LogP contribution is 2.22. The number of carbonyl (C=O) groups excluding carboxylic acids is 2. The molecule has 0 aliphatic carbocycles. The van der Waals surface area contributed by atoms with Crippen molar-refractivity contribution in [3.05, 3.63) is 34.9 Å². The van der Waals surface area contributed by atoms with Crippen LogP contribution in [0, 0.1) is 0 Å². The standard InChI is InChI=1S/C16H21ClN2O4/c1-18-14(20)9-16(22-2)10-19(6-7-23-11-16)15(21)12-4-3-5-13(17)8-12/h3-5,8H,6-7,9-11H2,1-2H3,(H,18,20)/t16-/m0/s1. The van der Waals surface area contributed by atoms with Crippen molar-refractivity contribution < 1.29 is 19.1 Å². The fourth-order valence-corrected chi connectivity index (χ4v) is 2.76. The Kier molecular flexibility index (Phi) is 5.98. The Morgan fingerprint density at radius 3 is 2.91 bits per heavy atom. The van der Waals surface area contributed by atoms with Gasteiger partial charge in [-0.05, 0) is 18.2 Å². The molecule has 1 atom stereocenters. The van der Waals surface area contributed by atoms with E-state index in [9.17, 15) is 9.59 Å². The van der Waals surface area contributed by atoms with Crippen LogP contribution >= 0.6 is 11.6 Å². The van der Waals surface area contributed by atoms with Gasteiger partial charge in [-0.2, -0.15) is 0 Å². The second kappa shape index (κ2) is 7.77. The van der Waals surface area contributed by atoms with Gasteiger partial charge in [-0.1, -0.05) is 17.7 Å². The molecule has 1 aromatic rings. The lowest BCUT2D eigenvalue weighted by Gasteiger charge is -2.33. The van der Waals surface area contributed by atoms with Gasteiger partial charge in [-0.3, -0.25) is 9.59 Å². The van der Waals surface area contributed by atoms with Gasteiger partial charge in [0.1, 0.15) is 5.60 Å². The fraction of sp³-hybridized carbons (Fsp3) is 0.500.